The van der Waals surface area contributed by atoms with Gasteiger partial charge in [0.1, 0.15) is 0 Å². The average molecular weight is 385 g/mol. The van der Waals surface area contributed by atoms with Crippen molar-refractivity contribution in [2.24, 2.45) is 29.1 Å². The van der Waals surface area contributed by atoms with Crippen molar-refractivity contribution in [3.8, 4) is 0 Å². The Bertz CT molecular complexity index is 610. The molecule has 4 unspecified atom stereocenters. The van der Waals surface area contributed by atoms with E-state index in [-0.39, 0.29) is 6.10 Å². The summed E-state index contributed by atoms with van der Waals surface area (Å²) in [5, 5.41) is 10.0. The molecule has 0 aromatic rings. The fourth-order valence-electron chi connectivity index (χ4n) is 6.66. The Morgan fingerprint density at radius 3 is 2.64 bits per heavy atom. The SMILES string of the molecule is C=C1CC[C@H](O)C/C1=C\C=C1/CCCC2(C)C1CCC2C(C)CCCC(C)C. The molecule has 1 heteroatoms. The number of aliphatic hydroxyl groups excluding tert-OH is 1. The standard InChI is InChI=1S/C27H44O/c1-19(2)8-6-9-21(4)25-15-16-26-22(10-7-17-27(25,26)5)12-13-23-18-24(28)14-11-20(23)3/h12-13,19,21,24-26,28H,3,6-11,14-18H2,1-2,4-5H3/b22-12+,23-13+/t21?,24-,25?,26?,27?/m0/s1. The van der Waals surface area contributed by atoms with E-state index in [1.165, 1.54) is 62.5 Å². The molecule has 0 saturated heterocycles. The summed E-state index contributed by atoms with van der Waals surface area (Å²) in [4.78, 5) is 0. The maximum Gasteiger partial charge on any atom is 0.0583 e. The van der Waals surface area contributed by atoms with Gasteiger partial charge in [0, 0.05) is 0 Å². The van der Waals surface area contributed by atoms with Crippen LogP contribution < -0.4 is 0 Å². The van der Waals surface area contributed by atoms with Crippen molar-refractivity contribution in [3.63, 3.8) is 0 Å². The van der Waals surface area contributed by atoms with Crippen LogP contribution >= 0.6 is 0 Å². The van der Waals surface area contributed by atoms with Gasteiger partial charge in [-0.15, -0.1) is 0 Å². The van der Waals surface area contributed by atoms with E-state index in [0.717, 1.165) is 42.9 Å². The lowest BCUT2D eigenvalue weighted by atomic mass is 9.60. The number of aliphatic hydroxyl groups is 1. The largest absolute Gasteiger partial charge is 0.393 e. The Labute approximate surface area is 174 Å². The normalized spacial score (nSPS) is 37.6. The second-order valence-electron chi connectivity index (χ2n) is 10.8. The predicted octanol–water partition coefficient (Wildman–Crippen LogP) is 7.62. The molecule has 0 bridgehead atoms. The minimum absolute atomic E-state index is 0.172. The summed E-state index contributed by atoms with van der Waals surface area (Å²) in [6.45, 7) is 14.1. The second-order valence-corrected chi connectivity index (χ2v) is 10.8. The van der Waals surface area contributed by atoms with Crippen molar-refractivity contribution in [3.05, 3.63) is 35.5 Å². The molecule has 0 heterocycles. The predicted molar refractivity (Wildman–Crippen MR) is 121 cm³/mol. The lowest BCUT2D eigenvalue weighted by molar-refractivity contribution is 0.0929. The van der Waals surface area contributed by atoms with E-state index in [2.05, 4.69) is 46.4 Å². The highest BCUT2D eigenvalue weighted by Crippen LogP contribution is 2.59. The fourth-order valence-corrected chi connectivity index (χ4v) is 6.66. The number of fused-ring (bicyclic) bond motifs is 1. The zero-order valence-corrected chi connectivity index (χ0v) is 19.0. The van der Waals surface area contributed by atoms with E-state index < -0.39 is 0 Å². The minimum Gasteiger partial charge on any atom is -0.393 e. The smallest absolute Gasteiger partial charge is 0.0583 e. The number of rotatable bonds is 6. The summed E-state index contributed by atoms with van der Waals surface area (Å²) in [5.74, 6) is 3.37. The molecule has 3 rings (SSSR count). The lowest BCUT2D eigenvalue weighted by Crippen LogP contribution is -2.36. The first-order chi connectivity index (χ1) is 13.3. The van der Waals surface area contributed by atoms with Crippen LogP contribution in [0.2, 0.25) is 0 Å². The monoisotopic (exact) mass is 384 g/mol. The Kier molecular flexibility index (Phi) is 7.29. The molecule has 0 radical (unpaired) electrons. The molecule has 0 aromatic carbocycles. The van der Waals surface area contributed by atoms with Gasteiger partial charge >= 0.3 is 0 Å². The third kappa shape index (κ3) is 4.84. The molecule has 1 nitrogen and oxygen atoms in total. The Hall–Kier alpha value is -0.820. The van der Waals surface area contributed by atoms with Crippen LogP contribution in [-0.4, -0.2) is 11.2 Å². The van der Waals surface area contributed by atoms with Gasteiger partial charge in [0.2, 0.25) is 0 Å². The van der Waals surface area contributed by atoms with E-state index in [4.69, 9.17) is 0 Å². The van der Waals surface area contributed by atoms with Gasteiger partial charge in [0.05, 0.1) is 6.10 Å². The fraction of sp³-hybridized carbons (Fsp3) is 0.778. The molecule has 0 spiro atoms. The summed E-state index contributed by atoms with van der Waals surface area (Å²) < 4.78 is 0. The van der Waals surface area contributed by atoms with Crippen molar-refractivity contribution >= 4 is 0 Å². The van der Waals surface area contributed by atoms with Crippen LogP contribution in [0.4, 0.5) is 0 Å². The molecular formula is C27H44O. The van der Waals surface area contributed by atoms with Crippen LogP contribution in [0.1, 0.15) is 98.3 Å². The number of hydrogen-bond donors (Lipinski definition) is 1. The maximum atomic E-state index is 10.0. The van der Waals surface area contributed by atoms with E-state index in [9.17, 15) is 5.11 Å². The first kappa shape index (κ1) is 21.9. The van der Waals surface area contributed by atoms with E-state index in [0.29, 0.717) is 5.41 Å². The van der Waals surface area contributed by atoms with Crippen LogP contribution in [0, 0.1) is 29.1 Å². The average Bonchev–Trinajstić information content (AvgIpc) is 2.99. The quantitative estimate of drug-likeness (QED) is 0.499. The summed E-state index contributed by atoms with van der Waals surface area (Å²) >= 11 is 0. The molecule has 158 valence electrons. The zero-order valence-electron chi connectivity index (χ0n) is 19.0. The molecule has 3 fully saturated rings. The van der Waals surface area contributed by atoms with Crippen molar-refractivity contribution in [2.75, 3.05) is 0 Å². The summed E-state index contributed by atoms with van der Waals surface area (Å²) in [6.07, 6.45) is 18.2. The van der Waals surface area contributed by atoms with Gasteiger partial charge in [-0.1, -0.05) is 76.8 Å². The highest BCUT2D eigenvalue weighted by Gasteiger charge is 2.50. The number of allylic oxidation sites excluding steroid dienone is 4. The van der Waals surface area contributed by atoms with Crippen molar-refractivity contribution < 1.29 is 5.11 Å². The topological polar surface area (TPSA) is 20.2 Å². The van der Waals surface area contributed by atoms with Crippen LogP contribution in [0.5, 0.6) is 0 Å². The highest BCUT2D eigenvalue weighted by molar-refractivity contribution is 5.36. The van der Waals surface area contributed by atoms with Gasteiger partial charge in [0.25, 0.3) is 0 Å². The zero-order chi connectivity index (χ0) is 20.3. The number of hydrogen-bond acceptors (Lipinski definition) is 1. The highest BCUT2D eigenvalue weighted by atomic mass is 16.3. The Balaban J connectivity index is 1.70. The van der Waals surface area contributed by atoms with Gasteiger partial charge in [-0.3, -0.25) is 0 Å². The Morgan fingerprint density at radius 1 is 1.11 bits per heavy atom. The molecule has 5 atom stereocenters. The van der Waals surface area contributed by atoms with Gasteiger partial charge in [-0.2, -0.15) is 0 Å². The first-order valence-electron chi connectivity index (χ1n) is 12.1. The van der Waals surface area contributed by atoms with Gasteiger partial charge in [-0.05, 0) is 86.0 Å². The van der Waals surface area contributed by atoms with E-state index in [1.807, 2.05) is 0 Å². The summed E-state index contributed by atoms with van der Waals surface area (Å²) in [7, 11) is 0. The summed E-state index contributed by atoms with van der Waals surface area (Å²) in [5.41, 5.74) is 4.72. The van der Waals surface area contributed by atoms with Gasteiger partial charge in [0.15, 0.2) is 0 Å². The minimum atomic E-state index is -0.172. The van der Waals surface area contributed by atoms with Crippen LogP contribution in [0.25, 0.3) is 0 Å². The third-order valence-electron chi connectivity index (χ3n) is 8.35. The van der Waals surface area contributed by atoms with Crippen molar-refractivity contribution in [1.29, 1.82) is 0 Å². The third-order valence-corrected chi connectivity index (χ3v) is 8.35. The van der Waals surface area contributed by atoms with E-state index >= 15 is 0 Å². The molecule has 3 aliphatic carbocycles. The van der Waals surface area contributed by atoms with E-state index in [1.54, 1.807) is 5.57 Å². The van der Waals surface area contributed by atoms with Crippen molar-refractivity contribution in [1.82, 2.24) is 0 Å². The van der Waals surface area contributed by atoms with Gasteiger partial charge in [-0.25, -0.2) is 0 Å². The summed E-state index contributed by atoms with van der Waals surface area (Å²) in [6, 6.07) is 0. The lowest BCUT2D eigenvalue weighted by Gasteiger charge is -2.44. The Morgan fingerprint density at radius 2 is 1.89 bits per heavy atom. The van der Waals surface area contributed by atoms with Gasteiger partial charge < -0.3 is 5.11 Å². The molecule has 0 aromatic heterocycles. The second kappa shape index (κ2) is 9.33. The van der Waals surface area contributed by atoms with Crippen LogP contribution in [0.3, 0.4) is 0 Å². The molecule has 0 aliphatic heterocycles. The molecule has 3 saturated carbocycles. The molecule has 1 N–H and O–H groups in total. The van der Waals surface area contributed by atoms with Crippen molar-refractivity contribution in [2.45, 2.75) is 104 Å². The molecule has 3 aliphatic rings. The van der Waals surface area contributed by atoms with Crippen LogP contribution in [0.15, 0.2) is 35.5 Å². The first-order valence-corrected chi connectivity index (χ1v) is 12.1. The molecule has 28 heavy (non-hydrogen) atoms. The molecular weight excluding hydrogens is 340 g/mol. The maximum absolute atomic E-state index is 10.0. The molecule has 0 amide bonds. The van der Waals surface area contributed by atoms with Crippen LogP contribution in [-0.2, 0) is 0 Å².